The van der Waals surface area contributed by atoms with Gasteiger partial charge in [-0.3, -0.25) is 9.36 Å². The van der Waals surface area contributed by atoms with Crippen LogP contribution in [0.25, 0.3) is 28.5 Å². The topological polar surface area (TPSA) is 217 Å². The number of aryl methyl sites for hydroxylation is 1. The number of likely N-dealkylation sites (N-methyl/N-ethyl adjacent to an activating group) is 1. The number of carbonyl (C=O) groups is 1. The molecule has 6 rings (SSSR count). The first-order valence-corrected chi connectivity index (χ1v) is 11.8. The number of carbonyl (C=O) groups excluding carboxylic acids is 1. The molecule has 0 bridgehead atoms. The Labute approximate surface area is 218 Å². The average molecular weight is 534 g/mol. The Morgan fingerprint density at radius 3 is 2.79 bits per heavy atom. The molecule has 1 amide bonds. The maximum Gasteiger partial charge on any atom is 0.256 e. The van der Waals surface area contributed by atoms with E-state index in [2.05, 4.69) is 51.3 Å². The Morgan fingerprint density at radius 2 is 2.05 bits per heavy atom. The lowest BCUT2D eigenvalue weighted by Crippen LogP contribution is -2.41. The quantitative estimate of drug-likeness (QED) is 0.200. The second-order valence-electron chi connectivity index (χ2n) is 8.68. The van der Waals surface area contributed by atoms with E-state index in [-0.39, 0.29) is 18.1 Å². The van der Waals surface area contributed by atoms with Crippen LogP contribution in [0.4, 0.5) is 5.82 Å². The number of ether oxygens (including phenoxy) is 1. The molecule has 17 heteroatoms. The summed E-state index contributed by atoms with van der Waals surface area (Å²) in [6.45, 7) is 2.05. The zero-order chi connectivity index (χ0) is 27.1. The van der Waals surface area contributed by atoms with E-state index in [9.17, 15) is 15.0 Å². The molecule has 1 aliphatic heterocycles. The monoisotopic (exact) mass is 534 g/mol. The molecule has 0 aromatic carbocycles. The number of hydrogen-bond donors (Lipinski definition) is 4. The van der Waals surface area contributed by atoms with Crippen molar-refractivity contribution >= 4 is 22.9 Å². The van der Waals surface area contributed by atoms with E-state index in [1.165, 1.54) is 22.6 Å². The Bertz CT molecular complexity index is 1630. The number of nitrogens with zero attached hydrogens (tertiary/aromatic N) is 10. The third kappa shape index (κ3) is 4.43. The molecule has 1 aliphatic rings. The number of imidazole rings is 1. The van der Waals surface area contributed by atoms with E-state index >= 15 is 0 Å². The summed E-state index contributed by atoms with van der Waals surface area (Å²) >= 11 is 0. The second-order valence-corrected chi connectivity index (χ2v) is 8.68. The summed E-state index contributed by atoms with van der Waals surface area (Å²) in [4.78, 5) is 25.8. The van der Waals surface area contributed by atoms with Gasteiger partial charge in [-0.2, -0.15) is 19.7 Å². The van der Waals surface area contributed by atoms with E-state index in [0.717, 1.165) is 5.69 Å². The van der Waals surface area contributed by atoms with Crippen LogP contribution in [0.1, 0.15) is 17.7 Å². The Hall–Kier alpha value is -4.87. The van der Waals surface area contributed by atoms with Gasteiger partial charge in [0.05, 0.1) is 24.8 Å². The van der Waals surface area contributed by atoms with Gasteiger partial charge in [0, 0.05) is 19.3 Å². The molecule has 0 radical (unpaired) electrons. The molecule has 4 N–H and O–H groups in total. The molecule has 200 valence electrons. The van der Waals surface area contributed by atoms with Crippen LogP contribution in [-0.4, -0.2) is 91.3 Å². The number of rotatable bonds is 7. The van der Waals surface area contributed by atoms with Crippen molar-refractivity contribution in [3.63, 3.8) is 0 Å². The molecule has 0 unspecified atom stereocenters. The van der Waals surface area contributed by atoms with E-state index < -0.39 is 30.4 Å². The summed E-state index contributed by atoms with van der Waals surface area (Å²) in [5.41, 5.74) is 2.24. The molecule has 4 atom stereocenters. The maximum atomic E-state index is 12.2. The lowest BCUT2D eigenvalue weighted by molar-refractivity contribution is -0.137. The van der Waals surface area contributed by atoms with Crippen molar-refractivity contribution < 1.29 is 24.3 Å². The lowest BCUT2D eigenvalue weighted by atomic mass is 10.1. The van der Waals surface area contributed by atoms with Crippen LogP contribution in [0.5, 0.6) is 0 Å². The lowest BCUT2D eigenvalue weighted by Gasteiger charge is -2.17. The van der Waals surface area contributed by atoms with Gasteiger partial charge < -0.3 is 30.1 Å². The predicted molar refractivity (Wildman–Crippen MR) is 130 cm³/mol. The molecular weight excluding hydrogens is 512 g/mol. The first-order valence-electron chi connectivity index (χ1n) is 11.8. The highest BCUT2D eigenvalue weighted by Crippen LogP contribution is 2.33. The molecule has 6 heterocycles. The molecule has 0 saturated carbocycles. The number of aliphatic hydroxyl groups is 2. The summed E-state index contributed by atoms with van der Waals surface area (Å²) in [5.74, 6) is 0.416. The van der Waals surface area contributed by atoms with Crippen molar-refractivity contribution in [2.24, 2.45) is 0 Å². The van der Waals surface area contributed by atoms with Crippen molar-refractivity contribution in [3.8, 4) is 17.3 Å². The van der Waals surface area contributed by atoms with Crippen molar-refractivity contribution in [1.82, 2.24) is 55.2 Å². The number of fused-ring (bicyclic) bond motifs is 1. The van der Waals surface area contributed by atoms with Gasteiger partial charge in [0.15, 0.2) is 35.1 Å². The fourth-order valence-electron chi connectivity index (χ4n) is 4.15. The van der Waals surface area contributed by atoms with Crippen molar-refractivity contribution in [2.75, 3.05) is 12.4 Å². The number of nitrogens with one attached hydrogen (secondary N) is 2. The van der Waals surface area contributed by atoms with Crippen LogP contribution in [0.15, 0.2) is 41.4 Å². The highest BCUT2D eigenvalue weighted by Gasteiger charge is 2.47. The number of aliphatic hydroxyl groups excluding tert-OH is 2. The van der Waals surface area contributed by atoms with Crippen LogP contribution < -0.4 is 10.6 Å². The normalized spacial score (nSPS) is 20.9. The molecule has 1 saturated heterocycles. The van der Waals surface area contributed by atoms with Gasteiger partial charge >= 0.3 is 0 Å². The largest absolute Gasteiger partial charge is 0.387 e. The zero-order valence-corrected chi connectivity index (χ0v) is 20.6. The molecule has 39 heavy (non-hydrogen) atoms. The number of aromatic nitrogens is 10. The van der Waals surface area contributed by atoms with E-state index in [1.54, 1.807) is 30.6 Å². The van der Waals surface area contributed by atoms with Crippen LogP contribution in [0.3, 0.4) is 0 Å². The Morgan fingerprint density at radius 1 is 1.18 bits per heavy atom. The summed E-state index contributed by atoms with van der Waals surface area (Å²) < 4.78 is 13.8. The van der Waals surface area contributed by atoms with E-state index in [4.69, 9.17) is 9.26 Å². The van der Waals surface area contributed by atoms with Crippen LogP contribution in [-0.2, 0) is 16.1 Å². The standard InChI is InChI=1S/C22H22N12O5/c1-10-6-11(39-31-10)7-24-18-14-19(33(9-25-14)21-16(36)15(35)17(38-21)20(37)23-2)28-22(27-18)34-8-13(30-32-34)12-4-3-5-26-29-12/h3-6,8-9,15-17,21,35-36H,7H2,1-2H3,(H,23,37)(H,24,27,28)/t15-,16+,17-,21+/m0/s1. The number of amides is 1. The van der Waals surface area contributed by atoms with Gasteiger partial charge in [0.2, 0.25) is 0 Å². The first kappa shape index (κ1) is 24.5. The summed E-state index contributed by atoms with van der Waals surface area (Å²) in [5, 5.41) is 46.8. The summed E-state index contributed by atoms with van der Waals surface area (Å²) in [6.07, 6.45) is -0.840. The van der Waals surface area contributed by atoms with Gasteiger partial charge in [-0.1, -0.05) is 10.4 Å². The molecule has 5 aromatic heterocycles. The Kier molecular flexibility index (Phi) is 6.14. The van der Waals surface area contributed by atoms with E-state index in [1.807, 2.05) is 6.92 Å². The minimum absolute atomic E-state index is 0.110. The van der Waals surface area contributed by atoms with Crippen molar-refractivity contribution in [1.29, 1.82) is 0 Å². The van der Waals surface area contributed by atoms with Gasteiger partial charge in [-0.05, 0) is 19.1 Å². The van der Waals surface area contributed by atoms with Gasteiger partial charge in [-0.25, -0.2) is 4.98 Å². The van der Waals surface area contributed by atoms with Crippen LogP contribution >= 0.6 is 0 Å². The summed E-state index contributed by atoms with van der Waals surface area (Å²) in [7, 11) is 1.41. The first-order chi connectivity index (χ1) is 18.9. The van der Waals surface area contributed by atoms with Crippen molar-refractivity contribution in [3.05, 3.63) is 48.4 Å². The van der Waals surface area contributed by atoms with Crippen molar-refractivity contribution in [2.45, 2.75) is 38.0 Å². The minimum atomic E-state index is -1.47. The maximum absolute atomic E-state index is 12.2. The molecule has 1 fully saturated rings. The SMILES string of the molecule is CNC(=O)[C@H]1O[C@@H](n2cnc3c(NCc4cc(C)no4)nc(-n4cc(-c5cccnn5)nn4)nc32)[C@H](O)[C@@H]1O. The fourth-order valence-corrected chi connectivity index (χ4v) is 4.15. The summed E-state index contributed by atoms with van der Waals surface area (Å²) in [6, 6.07) is 5.24. The number of hydrogen-bond acceptors (Lipinski definition) is 14. The third-order valence-corrected chi connectivity index (χ3v) is 6.07. The fraction of sp³-hybridized carbons (Fsp3) is 0.318. The average Bonchev–Trinajstić information content (AvgIpc) is 3.75. The second kappa shape index (κ2) is 9.78. The molecule has 0 spiro atoms. The predicted octanol–water partition coefficient (Wildman–Crippen LogP) is -0.862. The Balaban J connectivity index is 1.42. The molecule has 5 aromatic rings. The highest BCUT2D eigenvalue weighted by atomic mass is 16.6. The van der Waals surface area contributed by atoms with E-state index in [0.29, 0.717) is 28.5 Å². The van der Waals surface area contributed by atoms with Crippen LogP contribution in [0.2, 0.25) is 0 Å². The van der Waals surface area contributed by atoms with Gasteiger partial charge in [0.1, 0.15) is 23.6 Å². The highest BCUT2D eigenvalue weighted by molar-refractivity contribution is 5.84. The third-order valence-electron chi connectivity index (χ3n) is 6.07. The van der Waals surface area contributed by atoms with Gasteiger partial charge in [0.25, 0.3) is 11.9 Å². The van der Waals surface area contributed by atoms with Crippen LogP contribution in [0, 0.1) is 6.92 Å². The minimum Gasteiger partial charge on any atom is -0.387 e. The molecule has 0 aliphatic carbocycles. The molecule has 17 nitrogen and oxygen atoms in total. The smallest absolute Gasteiger partial charge is 0.256 e. The zero-order valence-electron chi connectivity index (χ0n) is 20.6. The molecular formula is C22H22N12O5. The van der Waals surface area contributed by atoms with Gasteiger partial charge in [-0.15, -0.1) is 10.2 Å². The number of anilines is 1.